The maximum absolute atomic E-state index is 14.0. The maximum atomic E-state index is 14.0. The molecule has 6 nitrogen and oxygen atoms in total. The first-order valence-corrected chi connectivity index (χ1v) is 14.2. The number of halogens is 7. The van der Waals surface area contributed by atoms with Crippen LogP contribution >= 0.6 is 0 Å². The van der Waals surface area contributed by atoms with Gasteiger partial charge in [0.25, 0.3) is 0 Å². The zero-order valence-electron chi connectivity index (χ0n) is 23.8. The van der Waals surface area contributed by atoms with Crippen molar-refractivity contribution in [2.75, 3.05) is 38.1 Å². The maximum Gasteiger partial charge on any atom is 0.416 e. The van der Waals surface area contributed by atoms with E-state index in [1.165, 1.54) is 19.2 Å². The Labute approximate surface area is 245 Å². The molecular weight excluding hydrogens is 581 g/mol. The molecule has 234 valence electrons. The number of carbonyl (C=O) groups is 2. The van der Waals surface area contributed by atoms with Gasteiger partial charge in [-0.1, -0.05) is 0 Å². The Kier molecular flexibility index (Phi) is 8.40. The number of piperidine rings is 1. The number of fused-ring (bicyclic) bond motifs is 1. The van der Waals surface area contributed by atoms with Crippen LogP contribution in [0.25, 0.3) is 0 Å². The molecule has 0 spiro atoms. The normalized spacial score (nSPS) is 23.5. The molecule has 2 amide bonds. The number of anilines is 1. The summed E-state index contributed by atoms with van der Waals surface area (Å²) in [5.41, 5.74) is -1.94. The zero-order chi connectivity index (χ0) is 31.3. The van der Waals surface area contributed by atoms with Crippen molar-refractivity contribution in [2.45, 2.75) is 69.6 Å². The van der Waals surface area contributed by atoms with Gasteiger partial charge in [0.1, 0.15) is 11.9 Å². The topological polar surface area (TPSA) is 47.1 Å². The van der Waals surface area contributed by atoms with Crippen molar-refractivity contribution in [3.05, 3.63) is 64.5 Å². The van der Waals surface area contributed by atoms with Crippen LogP contribution in [0.2, 0.25) is 0 Å². The molecule has 2 aromatic rings. The molecule has 0 aromatic heterocycles. The van der Waals surface area contributed by atoms with Gasteiger partial charge in [0, 0.05) is 64.0 Å². The van der Waals surface area contributed by atoms with Gasteiger partial charge in [-0.25, -0.2) is 4.39 Å². The Bertz CT molecular complexity index is 1350. The first-order chi connectivity index (χ1) is 20.1. The highest BCUT2D eigenvalue weighted by molar-refractivity contribution is 5.86. The summed E-state index contributed by atoms with van der Waals surface area (Å²) in [5.74, 6) is -0.761. The lowest BCUT2D eigenvalue weighted by atomic mass is 9.92. The summed E-state index contributed by atoms with van der Waals surface area (Å²) in [6.07, 6.45) is -7.67. The SMILES string of the molecule is Cc1cc(F)ccc1N1CCC(N2CCN3C(=O)CC[C@H]3C2)CC1C(=O)N(C)Cc1cc(C(F)(F)F)cc(C(F)(F)F)c1. The molecule has 3 heterocycles. The van der Waals surface area contributed by atoms with E-state index in [0.29, 0.717) is 68.8 Å². The molecule has 3 fully saturated rings. The van der Waals surface area contributed by atoms with Crippen LogP contribution in [0.1, 0.15) is 47.9 Å². The highest BCUT2D eigenvalue weighted by atomic mass is 19.4. The molecule has 2 aromatic carbocycles. The van der Waals surface area contributed by atoms with E-state index in [9.17, 15) is 40.3 Å². The first-order valence-electron chi connectivity index (χ1n) is 14.2. The highest BCUT2D eigenvalue weighted by Crippen LogP contribution is 2.37. The number of hydrogen-bond donors (Lipinski definition) is 0. The third-order valence-corrected chi connectivity index (χ3v) is 8.81. The van der Waals surface area contributed by atoms with E-state index in [1.807, 2.05) is 9.80 Å². The predicted molar refractivity (Wildman–Crippen MR) is 145 cm³/mol. The smallest absolute Gasteiger partial charge is 0.359 e. The van der Waals surface area contributed by atoms with Crippen LogP contribution in [0.3, 0.4) is 0 Å². The van der Waals surface area contributed by atoms with Crippen LogP contribution in [0.4, 0.5) is 36.4 Å². The van der Waals surface area contributed by atoms with E-state index >= 15 is 0 Å². The number of nitrogens with zero attached hydrogens (tertiary/aromatic N) is 4. The summed E-state index contributed by atoms with van der Waals surface area (Å²) in [6.45, 7) is 3.60. The van der Waals surface area contributed by atoms with Crippen LogP contribution in [0, 0.1) is 12.7 Å². The van der Waals surface area contributed by atoms with Crippen molar-refractivity contribution in [3.63, 3.8) is 0 Å². The minimum absolute atomic E-state index is 0.0254. The Morgan fingerprint density at radius 2 is 1.58 bits per heavy atom. The van der Waals surface area contributed by atoms with Gasteiger partial charge in [0.15, 0.2) is 0 Å². The van der Waals surface area contributed by atoms with E-state index in [1.54, 1.807) is 13.0 Å². The van der Waals surface area contributed by atoms with Gasteiger partial charge in [-0.15, -0.1) is 0 Å². The first kappa shape index (κ1) is 31.1. The summed E-state index contributed by atoms with van der Waals surface area (Å²) in [5, 5.41) is 0. The van der Waals surface area contributed by atoms with E-state index in [-0.39, 0.29) is 29.6 Å². The molecule has 0 radical (unpaired) electrons. The molecule has 5 rings (SSSR count). The van der Waals surface area contributed by atoms with Crippen LogP contribution in [-0.4, -0.2) is 77.9 Å². The average Bonchev–Trinajstić information content (AvgIpc) is 3.31. The molecule has 0 aliphatic carbocycles. The van der Waals surface area contributed by atoms with Crippen LogP contribution in [0.5, 0.6) is 0 Å². The number of piperazine rings is 1. The van der Waals surface area contributed by atoms with Gasteiger partial charge in [-0.3, -0.25) is 14.5 Å². The number of aryl methyl sites for hydroxylation is 1. The second-order valence-corrected chi connectivity index (χ2v) is 11.7. The van der Waals surface area contributed by atoms with E-state index in [4.69, 9.17) is 0 Å². The quantitative estimate of drug-likeness (QED) is 0.419. The lowest BCUT2D eigenvalue weighted by Crippen LogP contribution is -2.60. The molecule has 43 heavy (non-hydrogen) atoms. The second kappa shape index (κ2) is 11.6. The van der Waals surface area contributed by atoms with E-state index < -0.39 is 47.8 Å². The Morgan fingerprint density at radius 1 is 0.907 bits per heavy atom. The Balaban J connectivity index is 1.41. The van der Waals surface area contributed by atoms with Gasteiger partial charge in [0.05, 0.1) is 11.1 Å². The number of likely N-dealkylation sites (N-methyl/N-ethyl adjacent to an activating group) is 1. The molecule has 0 bridgehead atoms. The van der Waals surface area contributed by atoms with Gasteiger partial charge >= 0.3 is 12.4 Å². The standard InChI is InChI=1S/C30H33F7N4O2/c1-18-11-22(31)3-5-25(18)41-8-7-23(39-9-10-40-24(17-39)4-6-27(40)42)15-26(41)28(43)38(2)16-19-12-20(29(32,33)34)14-21(13-19)30(35,36)37/h3,5,11-14,23-24,26H,4,6-10,15-17H2,1-2H3/t23?,24-,26?/m0/s1. The third-order valence-electron chi connectivity index (χ3n) is 8.81. The minimum atomic E-state index is -5.00. The van der Waals surface area contributed by atoms with Crippen molar-refractivity contribution >= 4 is 17.5 Å². The van der Waals surface area contributed by atoms with Crippen molar-refractivity contribution in [1.82, 2.24) is 14.7 Å². The second-order valence-electron chi connectivity index (χ2n) is 11.7. The summed E-state index contributed by atoms with van der Waals surface area (Å²) in [6, 6.07) is 4.84. The fourth-order valence-corrected chi connectivity index (χ4v) is 6.68. The number of amides is 2. The van der Waals surface area contributed by atoms with Crippen LogP contribution < -0.4 is 4.90 Å². The predicted octanol–water partition coefficient (Wildman–Crippen LogP) is 5.47. The summed E-state index contributed by atoms with van der Waals surface area (Å²) in [7, 11) is 1.36. The van der Waals surface area contributed by atoms with Crippen LogP contribution in [-0.2, 0) is 28.5 Å². The molecule has 3 aliphatic heterocycles. The average molecular weight is 615 g/mol. The Hall–Kier alpha value is -3.35. The van der Waals surface area contributed by atoms with Crippen molar-refractivity contribution in [2.24, 2.45) is 0 Å². The molecule has 0 N–H and O–H groups in total. The Morgan fingerprint density at radius 3 is 2.21 bits per heavy atom. The fourth-order valence-electron chi connectivity index (χ4n) is 6.68. The summed E-state index contributed by atoms with van der Waals surface area (Å²) < 4.78 is 94.6. The molecule has 3 saturated heterocycles. The van der Waals surface area contributed by atoms with E-state index in [2.05, 4.69) is 4.90 Å². The van der Waals surface area contributed by atoms with Crippen molar-refractivity contribution in [1.29, 1.82) is 0 Å². The lowest BCUT2D eigenvalue weighted by molar-refractivity contribution is -0.143. The molecule has 3 aliphatic rings. The molecule has 3 atom stereocenters. The number of alkyl halides is 6. The van der Waals surface area contributed by atoms with Gasteiger partial charge in [-0.2, -0.15) is 26.3 Å². The number of hydrogen-bond acceptors (Lipinski definition) is 4. The monoisotopic (exact) mass is 614 g/mol. The molecular formula is C30H33F7N4O2. The van der Waals surface area contributed by atoms with Crippen LogP contribution in [0.15, 0.2) is 36.4 Å². The summed E-state index contributed by atoms with van der Waals surface area (Å²) in [4.78, 5) is 33.3. The van der Waals surface area contributed by atoms with E-state index in [0.717, 1.165) is 11.3 Å². The summed E-state index contributed by atoms with van der Waals surface area (Å²) >= 11 is 0. The fraction of sp³-hybridized carbons (Fsp3) is 0.533. The lowest BCUT2D eigenvalue weighted by Gasteiger charge is -2.48. The van der Waals surface area contributed by atoms with Crippen molar-refractivity contribution < 1.29 is 40.3 Å². The molecule has 0 saturated carbocycles. The van der Waals surface area contributed by atoms with Gasteiger partial charge < -0.3 is 14.7 Å². The zero-order valence-corrected chi connectivity index (χ0v) is 23.8. The number of rotatable bonds is 5. The highest BCUT2D eigenvalue weighted by Gasteiger charge is 2.42. The number of carbonyl (C=O) groups excluding carboxylic acids is 2. The molecule has 13 heteroatoms. The van der Waals surface area contributed by atoms with Gasteiger partial charge in [-0.05, 0) is 73.7 Å². The van der Waals surface area contributed by atoms with Gasteiger partial charge in [0.2, 0.25) is 11.8 Å². The molecule has 2 unspecified atom stereocenters. The third kappa shape index (κ3) is 6.61. The van der Waals surface area contributed by atoms with Crippen molar-refractivity contribution in [3.8, 4) is 0 Å². The largest absolute Gasteiger partial charge is 0.416 e. The minimum Gasteiger partial charge on any atom is -0.359 e. The number of benzene rings is 2.